The molecule has 2 heterocycles. The number of nitriles is 2. The highest BCUT2D eigenvalue weighted by Gasteiger charge is 2.22. The second-order valence-corrected chi connectivity index (χ2v) is 6.30. The van der Waals surface area contributed by atoms with Crippen LogP contribution in [0.3, 0.4) is 0 Å². The molecule has 0 amide bonds. The molecule has 26 heavy (non-hydrogen) atoms. The molecule has 0 atom stereocenters. The van der Waals surface area contributed by atoms with Crippen molar-refractivity contribution in [1.29, 1.82) is 10.5 Å². The number of aromatic nitrogens is 2. The number of halogens is 2. The van der Waals surface area contributed by atoms with Crippen LogP contribution in [0.25, 0.3) is 22.5 Å². The summed E-state index contributed by atoms with van der Waals surface area (Å²) in [6.07, 6.45) is 0. The minimum atomic E-state index is 0.0193. The summed E-state index contributed by atoms with van der Waals surface area (Å²) in [4.78, 5) is 8.68. The van der Waals surface area contributed by atoms with Crippen molar-refractivity contribution in [2.45, 2.75) is 6.92 Å². The smallest absolute Gasteiger partial charge is 0.142 e. The Morgan fingerprint density at radius 2 is 1.69 bits per heavy atom. The van der Waals surface area contributed by atoms with Gasteiger partial charge in [0, 0.05) is 11.3 Å². The maximum absolute atomic E-state index is 9.80. The summed E-state index contributed by atoms with van der Waals surface area (Å²) >= 11 is 12.1. The van der Waals surface area contributed by atoms with Gasteiger partial charge in [-0.05, 0) is 36.8 Å². The van der Waals surface area contributed by atoms with Gasteiger partial charge in [0.2, 0.25) is 0 Å². The van der Waals surface area contributed by atoms with E-state index in [1.807, 2.05) is 25.1 Å². The molecule has 2 aromatic heterocycles. The van der Waals surface area contributed by atoms with Crippen molar-refractivity contribution in [3.63, 3.8) is 0 Å². The number of hydrogen-bond acceptors (Lipinski definition) is 5. The Bertz CT molecular complexity index is 1110. The minimum Gasteiger partial charge on any atom is -0.383 e. The number of hydrogen-bond donors (Lipinski definition) is 1. The first-order valence-electron chi connectivity index (χ1n) is 7.49. The van der Waals surface area contributed by atoms with Crippen molar-refractivity contribution < 1.29 is 0 Å². The summed E-state index contributed by atoms with van der Waals surface area (Å²) in [6.45, 7) is 1.84. The van der Waals surface area contributed by atoms with Crippen LogP contribution in [0.15, 0.2) is 36.4 Å². The Kier molecular flexibility index (Phi) is 4.77. The van der Waals surface area contributed by atoms with E-state index in [4.69, 9.17) is 28.9 Å². The molecule has 0 saturated carbocycles. The monoisotopic (exact) mass is 379 g/mol. The van der Waals surface area contributed by atoms with Crippen LogP contribution in [0.5, 0.6) is 0 Å². The third-order valence-electron chi connectivity index (χ3n) is 3.79. The predicted octanol–water partition coefficient (Wildman–Crippen LogP) is 4.75. The highest BCUT2D eigenvalue weighted by Crippen LogP contribution is 2.37. The summed E-state index contributed by atoms with van der Waals surface area (Å²) in [5.41, 5.74) is 8.81. The molecule has 0 aliphatic heterocycles. The van der Waals surface area contributed by atoms with Crippen molar-refractivity contribution in [2.75, 3.05) is 5.73 Å². The highest BCUT2D eigenvalue weighted by atomic mass is 35.5. The van der Waals surface area contributed by atoms with Gasteiger partial charge in [0.15, 0.2) is 0 Å². The molecule has 0 radical (unpaired) electrons. The summed E-state index contributed by atoms with van der Waals surface area (Å²) in [5, 5.41) is 20.0. The highest BCUT2D eigenvalue weighted by molar-refractivity contribution is 6.42. The van der Waals surface area contributed by atoms with Crippen molar-refractivity contribution in [1.82, 2.24) is 9.97 Å². The van der Waals surface area contributed by atoms with Gasteiger partial charge in [-0.15, -0.1) is 0 Å². The standard InChI is InChI=1S/C19H11Cl2N5/c1-10-3-2-4-16(25-10)18-12(8-22)17(13(9-23)19(24)26-18)11-5-6-14(20)15(21)7-11/h2-7H,1H3,(H2,24,26). The van der Waals surface area contributed by atoms with Crippen LogP contribution >= 0.6 is 23.2 Å². The Labute approximate surface area is 160 Å². The molecule has 0 aliphatic carbocycles. The van der Waals surface area contributed by atoms with Crippen LogP contribution in [0, 0.1) is 29.6 Å². The number of rotatable bonds is 2. The van der Waals surface area contributed by atoms with E-state index in [9.17, 15) is 10.5 Å². The van der Waals surface area contributed by atoms with E-state index in [1.165, 1.54) is 0 Å². The van der Waals surface area contributed by atoms with Gasteiger partial charge in [-0.2, -0.15) is 10.5 Å². The molecule has 3 aromatic rings. The van der Waals surface area contributed by atoms with Gasteiger partial charge in [0.25, 0.3) is 0 Å². The summed E-state index contributed by atoms with van der Waals surface area (Å²) in [6, 6.07) is 14.4. The number of benzene rings is 1. The van der Waals surface area contributed by atoms with Crippen LogP contribution in [0.2, 0.25) is 10.0 Å². The van der Waals surface area contributed by atoms with Gasteiger partial charge in [0.05, 0.1) is 21.3 Å². The molecule has 126 valence electrons. The van der Waals surface area contributed by atoms with E-state index < -0.39 is 0 Å². The van der Waals surface area contributed by atoms with Crippen LogP contribution < -0.4 is 5.73 Å². The van der Waals surface area contributed by atoms with E-state index in [0.717, 1.165) is 5.69 Å². The number of nitrogens with two attached hydrogens (primary N) is 1. The first-order valence-corrected chi connectivity index (χ1v) is 8.25. The van der Waals surface area contributed by atoms with Gasteiger partial charge >= 0.3 is 0 Å². The molecule has 0 saturated heterocycles. The topological polar surface area (TPSA) is 99.4 Å². The zero-order valence-electron chi connectivity index (χ0n) is 13.6. The Morgan fingerprint density at radius 1 is 0.962 bits per heavy atom. The molecule has 0 aliphatic rings. The third-order valence-corrected chi connectivity index (χ3v) is 4.53. The molecule has 5 nitrogen and oxygen atoms in total. The van der Waals surface area contributed by atoms with Crippen molar-refractivity contribution in [3.8, 4) is 34.7 Å². The quantitative estimate of drug-likeness (QED) is 0.692. The van der Waals surface area contributed by atoms with Gasteiger partial charge < -0.3 is 5.73 Å². The van der Waals surface area contributed by atoms with Gasteiger partial charge in [-0.1, -0.05) is 35.3 Å². The molecule has 0 unspecified atom stereocenters. The summed E-state index contributed by atoms with van der Waals surface area (Å²) < 4.78 is 0. The first-order chi connectivity index (χ1) is 12.5. The number of pyridine rings is 2. The van der Waals surface area contributed by atoms with Crippen LogP contribution in [-0.2, 0) is 0 Å². The maximum atomic E-state index is 9.80. The molecule has 0 fully saturated rings. The second kappa shape index (κ2) is 7.01. The normalized spacial score (nSPS) is 10.2. The zero-order valence-corrected chi connectivity index (χ0v) is 15.1. The van der Waals surface area contributed by atoms with E-state index in [-0.39, 0.29) is 16.9 Å². The van der Waals surface area contributed by atoms with Crippen molar-refractivity contribution >= 4 is 29.0 Å². The number of nitrogen functional groups attached to an aromatic ring is 1. The Hall–Kier alpha value is -3.12. The number of nitrogens with zero attached hydrogens (tertiary/aromatic N) is 4. The first kappa shape index (κ1) is 17.7. The second-order valence-electron chi connectivity index (χ2n) is 5.49. The molecule has 2 N–H and O–H groups in total. The van der Waals surface area contributed by atoms with E-state index >= 15 is 0 Å². The predicted molar refractivity (Wildman–Crippen MR) is 102 cm³/mol. The fourth-order valence-electron chi connectivity index (χ4n) is 2.63. The lowest BCUT2D eigenvalue weighted by Gasteiger charge is -2.13. The van der Waals surface area contributed by atoms with E-state index in [1.54, 1.807) is 24.3 Å². The largest absolute Gasteiger partial charge is 0.383 e. The SMILES string of the molecule is Cc1cccc(-c2nc(N)c(C#N)c(-c3ccc(Cl)c(Cl)c3)c2C#N)n1. The van der Waals surface area contributed by atoms with Crippen LogP contribution in [-0.4, -0.2) is 9.97 Å². The van der Waals surface area contributed by atoms with Crippen LogP contribution in [0.1, 0.15) is 16.8 Å². The molecular formula is C19H11Cl2N5. The lowest BCUT2D eigenvalue weighted by Crippen LogP contribution is -2.04. The van der Waals surface area contributed by atoms with Gasteiger partial charge in [-0.3, -0.25) is 4.98 Å². The molecule has 0 bridgehead atoms. The molecule has 0 spiro atoms. The molecule has 3 rings (SSSR count). The summed E-state index contributed by atoms with van der Waals surface area (Å²) in [5.74, 6) is 0.0193. The van der Waals surface area contributed by atoms with Crippen molar-refractivity contribution in [2.24, 2.45) is 0 Å². The van der Waals surface area contributed by atoms with Gasteiger partial charge in [0.1, 0.15) is 29.2 Å². The third kappa shape index (κ3) is 3.07. The van der Waals surface area contributed by atoms with Gasteiger partial charge in [-0.25, -0.2) is 4.98 Å². The average Bonchev–Trinajstić information content (AvgIpc) is 2.63. The Balaban J connectivity index is 2.41. The van der Waals surface area contributed by atoms with E-state index in [2.05, 4.69) is 16.0 Å². The molecule has 7 heteroatoms. The van der Waals surface area contributed by atoms with Crippen LogP contribution in [0.4, 0.5) is 5.82 Å². The fraction of sp³-hybridized carbons (Fsp3) is 0.0526. The fourth-order valence-corrected chi connectivity index (χ4v) is 2.92. The lowest BCUT2D eigenvalue weighted by molar-refractivity contribution is 1.17. The summed E-state index contributed by atoms with van der Waals surface area (Å²) in [7, 11) is 0. The zero-order chi connectivity index (χ0) is 18.8. The number of anilines is 1. The maximum Gasteiger partial charge on any atom is 0.142 e. The lowest BCUT2D eigenvalue weighted by atomic mass is 9.93. The minimum absolute atomic E-state index is 0.0193. The molecular weight excluding hydrogens is 369 g/mol. The Morgan fingerprint density at radius 3 is 2.31 bits per heavy atom. The van der Waals surface area contributed by atoms with E-state index in [0.29, 0.717) is 32.6 Å². The average molecular weight is 380 g/mol. The van der Waals surface area contributed by atoms with Crippen molar-refractivity contribution in [3.05, 3.63) is 63.3 Å². The number of aryl methyl sites for hydroxylation is 1. The molecule has 1 aromatic carbocycles.